The Morgan fingerprint density at radius 2 is 1.89 bits per heavy atom. The first-order chi connectivity index (χ1) is 8.58. The quantitative estimate of drug-likeness (QED) is 0.832. The topological polar surface area (TPSA) is 63.4 Å². The van der Waals surface area contributed by atoms with Crippen LogP contribution in [-0.2, 0) is 15.8 Å². The molecule has 0 aliphatic rings. The number of aromatic nitrogens is 1. The van der Waals surface area contributed by atoms with Crippen LogP contribution in [0.1, 0.15) is 19.5 Å². The molecule has 2 aromatic rings. The number of fused-ring (bicyclic) bond motifs is 1. The molecular weight excluding hydrogens is 252 g/mol. The molecule has 0 aliphatic heterocycles. The van der Waals surface area contributed by atoms with Crippen molar-refractivity contribution >= 4 is 21.0 Å². The molecule has 0 fully saturated rings. The minimum atomic E-state index is -3.33. The van der Waals surface area contributed by atoms with E-state index in [2.05, 4.69) is 5.16 Å². The van der Waals surface area contributed by atoms with Crippen molar-refractivity contribution in [1.82, 2.24) is 9.46 Å². The molecule has 5 nitrogen and oxygen atoms in total. The predicted octanol–water partition coefficient (Wildman–Crippen LogP) is 2.00. The van der Waals surface area contributed by atoms with E-state index in [-0.39, 0.29) is 5.75 Å². The molecule has 98 valence electrons. The fraction of sp³-hybridized carbons (Fsp3) is 0.417. The SMILES string of the molecule is CCN(CC)S(=O)(=O)Cc1noc2ccccc12. The van der Waals surface area contributed by atoms with Gasteiger partial charge in [-0.1, -0.05) is 31.1 Å². The number of hydrogen-bond acceptors (Lipinski definition) is 4. The molecule has 18 heavy (non-hydrogen) atoms. The Morgan fingerprint density at radius 3 is 2.56 bits per heavy atom. The fourth-order valence-corrected chi connectivity index (χ4v) is 3.45. The van der Waals surface area contributed by atoms with Crippen LogP contribution in [0.25, 0.3) is 11.0 Å². The van der Waals surface area contributed by atoms with Crippen LogP contribution < -0.4 is 0 Å². The first-order valence-electron chi connectivity index (χ1n) is 5.89. The van der Waals surface area contributed by atoms with Crippen molar-refractivity contribution in [3.05, 3.63) is 30.0 Å². The highest BCUT2D eigenvalue weighted by Crippen LogP contribution is 2.20. The van der Waals surface area contributed by atoms with E-state index in [1.54, 1.807) is 6.07 Å². The van der Waals surface area contributed by atoms with Crippen LogP contribution in [0, 0.1) is 0 Å². The van der Waals surface area contributed by atoms with Gasteiger partial charge in [-0.05, 0) is 12.1 Å². The van der Waals surface area contributed by atoms with Gasteiger partial charge in [0, 0.05) is 18.5 Å². The minimum absolute atomic E-state index is 0.119. The molecule has 2 rings (SSSR count). The molecule has 0 N–H and O–H groups in total. The lowest BCUT2D eigenvalue weighted by atomic mass is 10.2. The van der Waals surface area contributed by atoms with Crippen molar-refractivity contribution in [1.29, 1.82) is 0 Å². The average molecular weight is 268 g/mol. The molecule has 1 aromatic carbocycles. The standard InChI is InChI=1S/C12H16N2O3S/c1-3-14(4-2)18(15,16)9-11-10-7-5-6-8-12(10)17-13-11/h5-8H,3-4,9H2,1-2H3. The van der Waals surface area contributed by atoms with E-state index in [9.17, 15) is 8.42 Å². The zero-order chi connectivity index (χ0) is 13.2. The van der Waals surface area contributed by atoms with E-state index in [1.807, 2.05) is 32.0 Å². The monoisotopic (exact) mass is 268 g/mol. The van der Waals surface area contributed by atoms with Gasteiger partial charge in [-0.25, -0.2) is 12.7 Å². The largest absolute Gasteiger partial charge is 0.356 e. The van der Waals surface area contributed by atoms with Crippen LogP contribution in [0.4, 0.5) is 0 Å². The van der Waals surface area contributed by atoms with Crippen molar-refractivity contribution in [2.24, 2.45) is 0 Å². The Bertz CT molecular complexity index is 630. The van der Waals surface area contributed by atoms with Gasteiger partial charge in [0.15, 0.2) is 5.58 Å². The van der Waals surface area contributed by atoms with Crippen LogP contribution in [-0.4, -0.2) is 31.0 Å². The molecule has 0 radical (unpaired) electrons. The molecule has 0 atom stereocenters. The summed E-state index contributed by atoms with van der Waals surface area (Å²) in [6.45, 7) is 4.58. The summed E-state index contributed by atoms with van der Waals surface area (Å²) in [5.41, 5.74) is 1.08. The van der Waals surface area contributed by atoms with Crippen LogP contribution in [0.2, 0.25) is 0 Å². The third-order valence-corrected chi connectivity index (χ3v) is 4.81. The smallest absolute Gasteiger partial charge is 0.219 e. The van der Waals surface area contributed by atoms with Gasteiger partial charge in [0.25, 0.3) is 0 Å². The summed E-state index contributed by atoms with van der Waals surface area (Å²) < 4.78 is 30.8. The number of hydrogen-bond donors (Lipinski definition) is 0. The second-order valence-electron chi connectivity index (χ2n) is 3.97. The molecule has 1 heterocycles. The Balaban J connectivity index is 2.34. The third kappa shape index (κ3) is 2.39. The highest BCUT2D eigenvalue weighted by atomic mass is 32.2. The number of benzene rings is 1. The Morgan fingerprint density at radius 1 is 1.22 bits per heavy atom. The minimum Gasteiger partial charge on any atom is -0.356 e. The second-order valence-corrected chi connectivity index (χ2v) is 5.93. The van der Waals surface area contributed by atoms with E-state index >= 15 is 0 Å². The van der Waals surface area contributed by atoms with Gasteiger partial charge in [0.2, 0.25) is 10.0 Å². The van der Waals surface area contributed by atoms with Crippen molar-refractivity contribution in [2.45, 2.75) is 19.6 Å². The summed E-state index contributed by atoms with van der Waals surface area (Å²) in [6, 6.07) is 7.26. The maximum Gasteiger partial charge on any atom is 0.219 e. The first-order valence-corrected chi connectivity index (χ1v) is 7.50. The molecular formula is C12H16N2O3S. The Kier molecular flexibility index (Phi) is 3.68. The van der Waals surface area contributed by atoms with E-state index in [0.717, 1.165) is 5.39 Å². The first kappa shape index (κ1) is 13.0. The van der Waals surface area contributed by atoms with Crippen LogP contribution in [0.15, 0.2) is 28.8 Å². The van der Waals surface area contributed by atoms with Crippen molar-refractivity contribution in [3.8, 4) is 0 Å². The lowest BCUT2D eigenvalue weighted by Crippen LogP contribution is -2.31. The molecule has 0 bridgehead atoms. The van der Waals surface area contributed by atoms with Gasteiger partial charge in [-0.2, -0.15) is 0 Å². The van der Waals surface area contributed by atoms with Crippen LogP contribution in [0.5, 0.6) is 0 Å². The van der Waals surface area contributed by atoms with Crippen LogP contribution >= 0.6 is 0 Å². The van der Waals surface area contributed by atoms with Gasteiger partial charge >= 0.3 is 0 Å². The number of rotatable bonds is 5. The van der Waals surface area contributed by atoms with Gasteiger partial charge in [0.1, 0.15) is 11.4 Å². The summed E-state index contributed by atoms with van der Waals surface area (Å²) in [5, 5.41) is 4.61. The molecule has 0 aliphatic carbocycles. The normalized spacial score (nSPS) is 12.4. The summed E-state index contributed by atoms with van der Waals surface area (Å²) >= 11 is 0. The van der Waals surface area contributed by atoms with Crippen LogP contribution in [0.3, 0.4) is 0 Å². The molecule has 0 saturated heterocycles. The molecule has 0 amide bonds. The average Bonchev–Trinajstić information content (AvgIpc) is 2.73. The van der Waals surface area contributed by atoms with E-state index < -0.39 is 10.0 Å². The van der Waals surface area contributed by atoms with Crippen molar-refractivity contribution < 1.29 is 12.9 Å². The predicted molar refractivity (Wildman–Crippen MR) is 69.6 cm³/mol. The van der Waals surface area contributed by atoms with Crippen molar-refractivity contribution in [3.63, 3.8) is 0 Å². The molecule has 1 aromatic heterocycles. The van der Waals surface area contributed by atoms with Gasteiger partial charge in [-0.3, -0.25) is 0 Å². The van der Waals surface area contributed by atoms with Gasteiger partial charge < -0.3 is 4.52 Å². The summed E-state index contributed by atoms with van der Waals surface area (Å²) in [4.78, 5) is 0. The molecule has 0 spiro atoms. The summed E-state index contributed by atoms with van der Waals surface area (Å²) in [5.74, 6) is -0.119. The van der Waals surface area contributed by atoms with Gasteiger partial charge in [0.05, 0.1) is 0 Å². The van der Waals surface area contributed by atoms with E-state index in [0.29, 0.717) is 24.4 Å². The number of nitrogens with zero attached hydrogens (tertiary/aromatic N) is 2. The zero-order valence-corrected chi connectivity index (χ0v) is 11.3. The highest BCUT2D eigenvalue weighted by Gasteiger charge is 2.22. The number of para-hydroxylation sites is 1. The summed E-state index contributed by atoms with van der Waals surface area (Å²) in [6.07, 6.45) is 0. The van der Waals surface area contributed by atoms with Gasteiger partial charge in [-0.15, -0.1) is 0 Å². The summed E-state index contributed by atoms with van der Waals surface area (Å²) in [7, 11) is -3.33. The fourth-order valence-electron chi connectivity index (χ4n) is 1.92. The van der Waals surface area contributed by atoms with E-state index in [4.69, 9.17) is 4.52 Å². The zero-order valence-electron chi connectivity index (χ0n) is 10.5. The lowest BCUT2D eigenvalue weighted by molar-refractivity contribution is 0.434. The maximum absolute atomic E-state index is 12.1. The molecule has 0 saturated carbocycles. The third-order valence-electron chi connectivity index (χ3n) is 2.87. The van der Waals surface area contributed by atoms with Crippen molar-refractivity contribution in [2.75, 3.05) is 13.1 Å². The second kappa shape index (κ2) is 5.07. The number of sulfonamides is 1. The maximum atomic E-state index is 12.1. The lowest BCUT2D eigenvalue weighted by Gasteiger charge is -2.17. The molecule has 0 unspecified atom stereocenters. The highest BCUT2D eigenvalue weighted by molar-refractivity contribution is 7.88. The van der Waals surface area contributed by atoms with E-state index in [1.165, 1.54) is 4.31 Å². The Labute approximate surface area is 106 Å². The Hall–Kier alpha value is -1.40. The molecule has 6 heteroatoms.